The van der Waals surface area contributed by atoms with Crippen molar-refractivity contribution in [1.29, 1.82) is 0 Å². The number of aromatic amines is 1. The Kier molecular flexibility index (Phi) is 3.61. The smallest absolute Gasteiger partial charge is 0.272 e. The lowest BCUT2D eigenvalue weighted by Crippen LogP contribution is -2.12. The van der Waals surface area contributed by atoms with Gasteiger partial charge in [0.15, 0.2) is 0 Å². The van der Waals surface area contributed by atoms with Crippen molar-refractivity contribution in [1.82, 2.24) is 4.98 Å². The first-order chi connectivity index (χ1) is 10.0. The number of phenolic OH excluding ortho intramolecular Hbond substituents is 1. The monoisotopic (exact) mass is 364 g/mol. The fraction of sp³-hybridized carbons (Fsp3) is 0. The van der Waals surface area contributed by atoms with Crippen LogP contribution in [0.25, 0.3) is 10.9 Å². The van der Waals surface area contributed by atoms with Gasteiger partial charge in [0, 0.05) is 15.4 Å². The summed E-state index contributed by atoms with van der Waals surface area (Å²) in [5, 5.41) is 13.7. The second-order valence-corrected chi connectivity index (χ2v) is 5.83. The zero-order chi connectivity index (χ0) is 15.0. The maximum absolute atomic E-state index is 12.2. The van der Waals surface area contributed by atoms with Gasteiger partial charge in [-0.05, 0) is 24.3 Å². The average Bonchev–Trinajstić information content (AvgIpc) is 2.86. The molecule has 0 aliphatic rings. The number of rotatable bonds is 2. The first kappa shape index (κ1) is 14.0. The number of carbonyl (C=O) groups is 1. The van der Waals surface area contributed by atoms with Crippen molar-refractivity contribution in [2.75, 3.05) is 5.32 Å². The summed E-state index contributed by atoms with van der Waals surface area (Å²) in [4.78, 5) is 15.3. The summed E-state index contributed by atoms with van der Waals surface area (Å²) in [5.74, 6) is -0.468. The van der Waals surface area contributed by atoms with Crippen molar-refractivity contribution in [3.63, 3.8) is 0 Å². The van der Waals surface area contributed by atoms with E-state index in [1.807, 2.05) is 24.3 Å². The van der Waals surface area contributed by atoms with E-state index in [9.17, 15) is 9.90 Å². The molecular weight excluding hydrogens is 356 g/mol. The number of aromatic hydroxyl groups is 1. The van der Waals surface area contributed by atoms with Gasteiger partial charge < -0.3 is 15.4 Å². The highest BCUT2D eigenvalue weighted by Crippen LogP contribution is 2.35. The second kappa shape index (κ2) is 5.42. The Labute approximate surface area is 133 Å². The van der Waals surface area contributed by atoms with Gasteiger partial charge in [-0.2, -0.15) is 0 Å². The molecule has 0 saturated carbocycles. The number of benzene rings is 2. The molecule has 0 aliphatic carbocycles. The van der Waals surface area contributed by atoms with Crippen LogP contribution in [-0.2, 0) is 0 Å². The van der Waals surface area contributed by atoms with E-state index in [-0.39, 0.29) is 22.4 Å². The molecule has 3 aromatic rings. The highest BCUT2D eigenvalue weighted by Gasteiger charge is 2.14. The number of hydrogen-bond donors (Lipinski definition) is 3. The van der Waals surface area contributed by atoms with Crippen LogP contribution in [-0.4, -0.2) is 16.0 Å². The Hall–Kier alpha value is -1.98. The maximum atomic E-state index is 12.2. The Balaban J connectivity index is 1.93. The van der Waals surface area contributed by atoms with Gasteiger partial charge in [0.05, 0.1) is 5.02 Å². The SMILES string of the molecule is O=C(Nc1c(O)cc(Br)cc1Cl)c1cc2ccccc2[nH]1. The van der Waals surface area contributed by atoms with Crippen LogP contribution in [0, 0.1) is 0 Å². The number of halogens is 2. The molecule has 3 rings (SSSR count). The summed E-state index contributed by atoms with van der Waals surface area (Å²) >= 11 is 9.25. The number of fused-ring (bicyclic) bond motifs is 1. The van der Waals surface area contributed by atoms with Gasteiger partial charge >= 0.3 is 0 Å². The van der Waals surface area contributed by atoms with Crippen LogP contribution in [0.4, 0.5) is 5.69 Å². The first-order valence-corrected chi connectivity index (χ1v) is 7.29. The van der Waals surface area contributed by atoms with E-state index in [0.29, 0.717) is 10.2 Å². The molecule has 0 aliphatic heterocycles. The number of amides is 1. The third kappa shape index (κ3) is 2.75. The van der Waals surface area contributed by atoms with Crippen LogP contribution >= 0.6 is 27.5 Å². The molecule has 2 aromatic carbocycles. The molecule has 1 heterocycles. The van der Waals surface area contributed by atoms with Crippen LogP contribution in [0.1, 0.15) is 10.5 Å². The Morgan fingerprint density at radius 3 is 2.71 bits per heavy atom. The number of H-pyrrole nitrogens is 1. The molecule has 0 unspecified atom stereocenters. The molecule has 1 amide bonds. The number of anilines is 1. The number of para-hydroxylation sites is 1. The van der Waals surface area contributed by atoms with Crippen molar-refractivity contribution in [3.8, 4) is 5.75 Å². The lowest BCUT2D eigenvalue weighted by molar-refractivity contribution is 0.102. The minimum Gasteiger partial charge on any atom is -0.506 e. The van der Waals surface area contributed by atoms with E-state index in [1.165, 1.54) is 6.07 Å². The minimum absolute atomic E-state index is 0.0983. The molecule has 0 atom stereocenters. The van der Waals surface area contributed by atoms with Gasteiger partial charge in [-0.3, -0.25) is 4.79 Å². The molecule has 0 fully saturated rings. The molecule has 3 N–H and O–H groups in total. The van der Waals surface area contributed by atoms with E-state index in [1.54, 1.807) is 12.1 Å². The zero-order valence-corrected chi connectivity index (χ0v) is 13.0. The van der Waals surface area contributed by atoms with Gasteiger partial charge in [0.1, 0.15) is 17.1 Å². The van der Waals surface area contributed by atoms with Gasteiger partial charge in [-0.1, -0.05) is 45.7 Å². The lowest BCUT2D eigenvalue weighted by Gasteiger charge is -2.09. The molecule has 4 nitrogen and oxygen atoms in total. The Morgan fingerprint density at radius 1 is 1.24 bits per heavy atom. The van der Waals surface area contributed by atoms with Gasteiger partial charge in [-0.15, -0.1) is 0 Å². The summed E-state index contributed by atoms with van der Waals surface area (Å²) in [5.41, 5.74) is 1.45. The summed E-state index contributed by atoms with van der Waals surface area (Å²) < 4.78 is 0.633. The number of carbonyl (C=O) groups excluding carboxylic acids is 1. The topological polar surface area (TPSA) is 65.1 Å². The molecule has 0 radical (unpaired) electrons. The first-order valence-electron chi connectivity index (χ1n) is 6.12. The van der Waals surface area contributed by atoms with Crippen LogP contribution in [0.5, 0.6) is 5.75 Å². The third-order valence-electron chi connectivity index (χ3n) is 3.05. The predicted molar refractivity (Wildman–Crippen MR) is 87.1 cm³/mol. The van der Waals surface area contributed by atoms with Crippen LogP contribution in [0.15, 0.2) is 46.9 Å². The summed E-state index contributed by atoms with van der Waals surface area (Å²) in [7, 11) is 0. The fourth-order valence-electron chi connectivity index (χ4n) is 2.06. The molecule has 0 bridgehead atoms. The van der Waals surface area contributed by atoms with Crippen molar-refractivity contribution in [3.05, 3.63) is 57.7 Å². The van der Waals surface area contributed by atoms with E-state index in [0.717, 1.165) is 10.9 Å². The summed E-state index contributed by atoms with van der Waals surface area (Å²) in [6.07, 6.45) is 0. The maximum Gasteiger partial charge on any atom is 0.272 e. The van der Waals surface area contributed by atoms with Crippen molar-refractivity contribution in [2.45, 2.75) is 0 Å². The molecule has 1 aromatic heterocycles. The lowest BCUT2D eigenvalue weighted by atomic mass is 10.2. The molecule has 106 valence electrons. The third-order valence-corrected chi connectivity index (χ3v) is 3.80. The van der Waals surface area contributed by atoms with Crippen molar-refractivity contribution < 1.29 is 9.90 Å². The molecule has 21 heavy (non-hydrogen) atoms. The van der Waals surface area contributed by atoms with Crippen molar-refractivity contribution in [2.24, 2.45) is 0 Å². The normalized spacial score (nSPS) is 10.8. The van der Waals surface area contributed by atoms with Crippen LogP contribution in [0.2, 0.25) is 5.02 Å². The molecule has 6 heteroatoms. The summed E-state index contributed by atoms with van der Waals surface area (Å²) in [6, 6.07) is 12.4. The quantitative estimate of drug-likeness (QED) is 0.584. The minimum atomic E-state index is -0.370. The molecule has 0 spiro atoms. The van der Waals surface area contributed by atoms with E-state index >= 15 is 0 Å². The van der Waals surface area contributed by atoms with Gasteiger partial charge in [-0.25, -0.2) is 0 Å². The molecular formula is C15H10BrClN2O2. The van der Waals surface area contributed by atoms with E-state index < -0.39 is 0 Å². The van der Waals surface area contributed by atoms with E-state index in [2.05, 4.69) is 26.2 Å². The second-order valence-electron chi connectivity index (χ2n) is 4.51. The number of nitrogens with one attached hydrogen (secondary N) is 2. The van der Waals surface area contributed by atoms with Crippen molar-refractivity contribution >= 4 is 50.0 Å². The summed E-state index contributed by atoms with van der Waals surface area (Å²) in [6.45, 7) is 0. The zero-order valence-electron chi connectivity index (χ0n) is 10.7. The Bertz CT molecular complexity index is 789. The number of hydrogen-bond acceptors (Lipinski definition) is 2. The number of phenols is 1. The van der Waals surface area contributed by atoms with Gasteiger partial charge in [0.25, 0.3) is 5.91 Å². The Morgan fingerprint density at radius 2 is 2.00 bits per heavy atom. The van der Waals surface area contributed by atoms with Gasteiger partial charge in [0.2, 0.25) is 0 Å². The largest absolute Gasteiger partial charge is 0.506 e. The van der Waals surface area contributed by atoms with Crippen LogP contribution in [0.3, 0.4) is 0 Å². The van der Waals surface area contributed by atoms with Crippen LogP contribution < -0.4 is 5.32 Å². The predicted octanol–water partition coefficient (Wildman–Crippen LogP) is 4.54. The average molecular weight is 366 g/mol. The molecule has 0 saturated heterocycles. The fourth-order valence-corrected chi connectivity index (χ4v) is 2.90. The highest BCUT2D eigenvalue weighted by molar-refractivity contribution is 9.10. The number of aromatic nitrogens is 1. The standard InChI is InChI=1S/C15H10BrClN2O2/c16-9-6-10(17)14(13(20)7-9)19-15(21)12-5-8-3-1-2-4-11(8)18-12/h1-7,18,20H,(H,19,21). The van der Waals surface area contributed by atoms with E-state index in [4.69, 9.17) is 11.6 Å². The highest BCUT2D eigenvalue weighted by atomic mass is 79.9.